The number of benzene rings is 2. The average Bonchev–Trinajstić information content (AvgIpc) is 2.96. The van der Waals surface area contributed by atoms with Crippen LogP contribution in [-0.4, -0.2) is 30.5 Å². The first kappa shape index (κ1) is 20.4. The van der Waals surface area contributed by atoms with Gasteiger partial charge in [0, 0.05) is 10.6 Å². The Hall–Kier alpha value is -3.32. The standard InChI is InChI=1S/C21H19ClN2O5/c1-13(2)29-19(25)12-28-18-9-8-15(22)10-14(18)11-17-20(26)23-24(21(17)27)16-6-4-3-5-7-16/h3-11,13H,12H2,1-2H3,(H,23,26). The summed E-state index contributed by atoms with van der Waals surface area (Å²) in [7, 11) is 0. The number of amides is 2. The van der Waals surface area contributed by atoms with Crippen molar-refractivity contribution in [3.8, 4) is 5.75 Å². The summed E-state index contributed by atoms with van der Waals surface area (Å²) in [6, 6.07) is 13.4. The van der Waals surface area contributed by atoms with Crippen LogP contribution in [0.3, 0.4) is 0 Å². The van der Waals surface area contributed by atoms with Crippen LogP contribution in [0.25, 0.3) is 6.08 Å². The number of hydrazine groups is 1. The summed E-state index contributed by atoms with van der Waals surface area (Å²) in [4.78, 5) is 36.8. The summed E-state index contributed by atoms with van der Waals surface area (Å²) in [6.07, 6.45) is 1.12. The Bertz CT molecular complexity index is 972. The maximum atomic E-state index is 12.7. The zero-order valence-corrected chi connectivity index (χ0v) is 16.6. The van der Waals surface area contributed by atoms with Gasteiger partial charge in [-0.3, -0.25) is 15.0 Å². The van der Waals surface area contributed by atoms with Gasteiger partial charge in [0.25, 0.3) is 11.8 Å². The molecule has 1 heterocycles. The molecule has 8 heteroatoms. The molecular weight excluding hydrogens is 396 g/mol. The molecule has 0 radical (unpaired) electrons. The summed E-state index contributed by atoms with van der Waals surface area (Å²) in [5, 5.41) is 1.55. The third-order valence-electron chi connectivity index (χ3n) is 3.89. The van der Waals surface area contributed by atoms with Crippen LogP contribution in [0, 0.1) is 0 Å². The van der Waals surface area contributed by atoms with Crippen LogP contribution in [0.5, 0.6) is 5.75 Å². The Labute approximate surface area is 172 Å². The quantitative estimate of drug-likeness (QED) is 0.446. The van der Waals surface area contributed by atoms with Gasteiger partial charge in [-0.15, -0.1) is 0 Å². The van der Waals surface area contributed by atoms with E-state index in [1.54, 1.807) is 56.3 Å². The van der Waals surface area contributed by atoms with E-state index in [1.807, 2.05) is 6.07 Å². The molecule has 1 fully saturated rings. The largest absolute Gasteiger partial charge is 0.481 e. The normalized spacial score (nSPS) is 15.0. The van der Waals surface area contributed by atoms with E-state index < -0.39 is 17.8 Å². The molecule has 29 heavy (non-hydrogen) atoms. The van der Waals surface area contributed by atoms with Crippen LogP contribution in [0.15, 0.2) is 54.1 Å². The molecule has 0 saturated carbocycles. The number of esters is 1. The Morgan fingerprint density at radius 3 is 2.59 bits per heavy atom. The molecule has 1 N–H and O–H groups in total. The topological polar surface area (TPSA) is 84.9 Å². The number of halogens is 1. The molecule has 7 nitrogen and oxygen atoms in total. The predicted octanol–water partition coefficient (Wildman–Crippen LogP) is 3.13. The van der Waals surface area contributed by atoms with Gasteiger partial charge in [-0.2, -0.15) is 0 Å². The van der Waals surface area contributed by atoms with Crippen LogP contribution < -0.4 is 15.2 Å². The fourth-order valence-electron chi connectivity index (χ4n) is 2.67. The van der Waals surface area contributed by atoms with Crippen LogP contribution in [-0.2, 0) is 19.1 Å². The SMILES string of the molecule is CC(C)OC(=O)COc1ccc(Cl)cc1C=C1C(=O)NN(c2ccccc2)C1=O. The Balaban J connectivity index is 1.85. The second-order valence-electron chi connectivity index (χ2n) is 6.48. The highest BCUT2D eigenvalue weighted by molar-refractivity contribution is 6.32. The number of ether oxygens (including phenoxy) is 2. The molecule has 0 spiro atoms. The minimum absolute atomic E-state index is 0.0780. The molecule has 1 aliphatic heterocycles. The van der Waals surface area contributed by atoms with Crippen LogP contribution in [0.1, 0.15) is 19.4 Å². The van der Waals surface area contributed by atoms with Crippen molar-refractivity contribution in [1.82, 2.24) is 5.43 Å². The van der Waals surface area contributed by atoms with Crippen LogP contribution in [0.2, 0.25) is 5.02 Å². The Kier molecular flexibility index (Phi) is 6.19. The second kappa shape index (κ2) is 8.79. The van der Waals surface area contributed by atoms with Crippen molar-refractivity contribution in [2.75, 3.05) is 11.6 Å². The van der Waals surface area contributed by atoms with Crippen LogP contribution in [0.4, 0.5) is 5.69 Å². The van der Waals surface area contributed by atoms with Crippen molar-refractivity contribution in [2.45, 2.75) is 20.0 Å². The van der Waals surface area contributed by atoms with Gasteiger partial charge >= 0.3 is 5.97 Å². The maximum absolute atomic E-state index is 12.7. The number of carbonyl (C=O) groups excluding carboxylic acids is 3. The molecule has 1 aliphatic rings. The van der Waals surface area contributed by atoms with Crippen molar-refractivity contribution >= 4 is 41.1 Å². The van der Waals surface area contributed by atoms with Crippen LogP contribution >= 0.6 is 11.6 Å². The lowest BCUT2D eigenvalue weighted by Crippen LogP contribution is -2.35. The van der Waals surface area contributed by atoms with Gasteiger partial charge in [0.15, 0.2) is 6.61 Å². The first-order valence-electron chi connectivity index (χ1n) is 8.89. The maximum Gasteiger partial charge on any atom is 0.344 e. The van der Waals surface area contributed by atoms with Crippen molar-refractivity contribution in [1.29, 1.82) is 0 Å². The first-order valence-corrected chi connectivity index (χ1v) is 9.27. The average molecular weight is 415 g/mol. The molecule has 2 amide bonds. The van der Waals surface area contributed by atoms with E-state index in [9.17, 15) is 14.4 Å². The van der Waals surface area contributed by atoms with E-state index in [0.29, 0.717) is 22.0 Å². The molecule has 2 aromatic carbocycles. The lowest BCUT2D eigenvalue weighted by atomic mass is 10.1. The van der Waals surface area contributed by atoms with Gasteiger partial charge in [0.1, 0.15) is 11.3 Å². The van der Waals surface area contributed by atoms with E-state index in [1.165, 1.54) is 11.1 Å². The minimum Gasteiger partial charge on any atom is -0.481 e. The van der Waals surface area contributed by atoms with Gasteiger partial charge in [-0.25, -0.2) is 9.80 Å². The molecule has 0 unspecified atom stereocenters. The predicted molar refractivity (Wildman–Crippen MR) is 108 cm³/mol. The zero-order chi connectivity index (χ0) is 21.0. The van der Waals surface area contributed by atoms with Gasteiger partial charge in [-0.05, 0) is 50.3 Å². The fraction of sp³-hybridized carbons (Fsp3) is 0.190. The fourth-order valence-corrected chi connectivity index (χ4v) is 2.85. The molecular formula is C21H19ClN2O5. The Morgan fingerprint density at radius 1 is 1.17 bits per heavy atom. The number of para-hydroxylation sites is 1. The lowest BCUT2D eigenvalue weighted by Gasteiger charge is -2.14. The number of anilines is 1. The highest BCUT2D eigenvalue weighted by Gasteiger charge is 2.34. The van der Waals surface area contributed by atoms with Gasteiger partial charge < -0.3 is 9.47 Å². The van der Waals surface area contributed by atoms with E-state index in [4.69, 9.17) is 21.1 Å². The van der Waals surface area contributed by atoms with E-state index in [-0.39, 0.29) is 18.3 Å². The number of hydrogen-bond acceptors (Lipinski definition) is 5. The summed E-state index contributed by atoms with van der Waals surface area (Å²) in [6.45, 7) is 3.16. The summed E-state index contributed by atoms with van der Waals surface area (Å²) >= 11 is 6.06. The first-order chi connectivity index (χ1) is 13.8. The highest BCUT2D eigenvalue weighted by Crippen LogP contribution is 2.28. The summed E-state index contributed by atoms with van der Waals surface area (Å²) in [5.41, 5.74) is 3.37. The molecule has 1 saturated heterocycles. The number of rotatable bonds is 6. The zero-order valence-electron chi connectivity index (χ0n) is 15.8. The van der Waals surface area contributed by atoms with Gasteiger partial charge in [0.05, 0.1) is 11.8 Å². The molecule has 0 aliphatic carbocycles. The molecule has 150 valence electrons. The lowest BCUT2D eigenvalue weighted by molar-refractivity contribution is -0.149. The third kappa shape index (κ3) is 4.94. The highest BCUT2D eigenvalue weighted by atomic mass is 35.5. The van der Waals surface area contributed by atoms with Crippen molar-refractivity contribution in [3.05, 3.63) is 64.7 Å². The Morgan fingerprint density at radius 2 is 1.90 bits per heavy atom. The monoisotopic (exact) mass is 414 g/mol. The summed E-state index contributed by atoms with van der Waals surface area (Å²) in [5.74, 6) is -1.30. The van der Waals surface area contributed by atoms with Crippen molar-refractivity contribution < 1.29 is 23.9 Å². The number of carbonyl (C=O) groups is 3. The van der Waals surface area contributed by atoms with Crippen molar-refractivity contribution in [3.63, 3.8) is 0 Å². The van der Waals surface area contributed by atoms with Gasteiger partial charge in [0.2, 0.25) is 0 Å². The van der Waals surface area contributed by atoms with E-state index in [2.05, 4.69) is 5.43 Å². The van der Waals surface area contributed by atoms with Gasteiger partial charge in [-0.1, -0.05) is 29.8 Å². The molecule has 0 aromatic heterocycles. The third-order valence-corrected chi connectivity index (χ3v) is 4.13. The number of nitrogens with one attached hydrogen (secondary N) is 1. The van der Waals surface area contributed by atoms with Crippen molar-refractivity contribution in [2.24, 2.45) is 0 Å². The molecule has 0 atom stereocenters. The van der Waals surface area contributed by atoms with E-state index in [0.717, 1.165) is 0 Å². The van der Waals surface area contributed by atoms with E-state index >= 15 is 0 Å². The smallest absolute Gasteiger partial charge is 0.344 e. The molecule has 2 aromatic rings. The molecule has 3 rings (SSSR count). The summed E-state index contributed by atoms with van der Waals surface area (Å²) < 4.78 is 10.5. The second-order valence-corrected chi connectivity index (χ2v) is 6.92. The molecule has 0 bridgehead atoms. The number of hydrogen-bond donors (Lipinski definition) is 1. The minimum atomic E-state index is -0.552. The number of nitrogens with zero attached hydrogens (tertiary/aromatic N) is 1.